The van der Waals surface area contributed by atoms with Crippen LogP contribution in [0.25, 0.3) is 5.69 Å². The number of benzene rings is 1. The normalized spacial score (nSPS) is 10.6. The Morgan fingerprint density at radius 3 is 2.81 bits per heavy atom. The Morgan fingerprint density at radius 1 is 1.33 bits per heavy atom. The number of unbranched alkanes of at least 4 members (excludes halogenated alkanes) is 2. The van der Waals surface area contributed by atoms with E-state index in [4.69, 9.17) is 11.6 Å². The Kier molecular flexibility index (Phi) is 5.33. The molecular weight excluding hydrogens is 288 g/mol. The van der Waals surface area contributed by atoms with Gasteiger partial charge in [0.25, 0.3) is 0 Å². The minimum absolute atomic E-state index is 0.358. The summed E-state index contributed by atoms with van der Waals surface area (Å²) in [6.07, 6.45) is 4.79. The zero-order valence-corrected chi connectivity index (χ0v) is 13.0. The first-order valence-electron chi connectivity index (χ1n) is 7.08. The lowest BCUT2D eigenvalue weighted by molar-refractivity contribution is 0.737. The van der Waals surface area contributed by atoms with Crippen LogP contribution in [0, 0.1) is 6.92 Å². The second kappa shape index (κ2) is 7.22. The van der Waals surface area contributed by atoms with Gasteiger partial charge in [-0.2, -0.15) is 4.98 Å². The summed E-state index contributed by atoms with van der Waals surface area (Å²) in [5, 5.41) is 3.56. The van der Waals surface area contributed by atoms with Gasteiger partial charge in [0.2, 0.25) is 5.95 Å². The van der Waals surface area contributed by atoms with E-state index >= 15 is 0 Å². The maximum atomic E-state index is 12.1. The molecule has 0 unspecified atom stereocenters. The van der Waals surface area contributed by atoms with Crippen LogP contribution < -0.4 is 11.0 Å². The van der Waals surface area contributed by atoms with Gasteiger partial charge < -0.3 is 5.32 Å². The number of rotatable bonds is 6. The highest BCUT2D eigenvalue weighted by molar-refractivity contribution is 6.32. The van der Waals surface area contributed by atoms with Gasteiger partial charge in [0.1, 0.15) is 6.33 Å². The lowest BCUT2D eigenvalue weighted by Gasteiger charge is -2.10. The van der Waals surface area contributed by atoms with Gasteiger partial charge in [-0.3, -0.25) is 0 Å². The molecule has 5 nitrogen and oxygen atoms in total. The van der Waals surface area contributed by atoms with E-state index in [0.29, 0.717) is 16.7 Å². The third-order valence-corrected chi connectivity index (χ3v) is 3.50. The Balaban J connectivity index is 2.22. The molecule has 0 amide bonds. The topological polar surface area (TPSA) is 59.8 Å². The smallest absolute Gasteiger partial charge is 0.354 e. The molecule has 1 aromatic carbocycles. The number of halogens is 1. The Morgan fingerprint density at radius 2 is 2.14 bits per heavy atom. The first-order valence-corrected chi connectivity index (χ1v) is 7.46. The summed E-state index contributed by atoms with van der Waals surface area (Å²) < 4.78 is 1.37. The summed E-state index contributed by atoms with van der Waals surface area (Å²) in [5.41, 5.74) is 1.14. The Hall–Kier alpha value is -1.88. The largest absolute Gasteiger partial charge is 0.356 e. The summed E-state index contributed by atoms with van der Waals surface area (Å²) in [4.78, 5) is 20.3. The predicted octanol–water partition coefficient (Wildman–Crippen LogP) is 3.19. The van der Waals surface area contributed by atoms with Gasteiger partial charge in [-0.15, -0.1) is 0 Å². The highest BCUT2D eigenvalue weighted by Gasteiger charge is 2.09. The highest BCUT2D eigenvalue weighted by Crippen LogP contribution is 2.22. The fourth-order valence-corrected chi connectivity index (χ4v) is 2.39. The molecule has 0 radical (unpaired) electrons. The molecule has 0 aliphatic rings. The number of nitrogens with zero attached hydrogens (tertiary/aromatic N) is 3. The number of anilines is 1. The van der Waals surface area contributed by atoms with Crippen molar-refractivity contribution in [1.29, 1.82) is 0 Å². The lowest BCUT2D eigenvalue weighted by atomic mass is 10.2. The van der Waals surface area contributed by atoms with E-state index in [1.54, 1.807) is 6.07 Å². The van der Waals surface area contributed by atoms with Gasteiger partial charge in [-0.25, -0.2) is 14.3 Å². The summed E-state index contributed by atoms with van der Waals surface area (Å²) in [7, 11) is 0. The van der Waals surface area contributed by atoms with Crippen molar-refractivity contribution in [2.24, 2.45) is 0 Å². The minimum Gasteiger partial charge on any atom is -0.354 e. The zero-order chi connectivity index (χ0) is 15.2. The maximum absolute atomic E-state index is 12.1. The molecule has 0 aliphatic heterocycles. The van der Waals surface area contributed by atoms with Crippen LogP contribution in [0.2, 0.25) is 5.02 Å². The maximum Gasteiger partial charge on any atom is 0.356 e. The molecule has 0 saturated heterocycles. The average molecular weight is 307 g/mol. The molecule has 0 atom stereocenters. The van der Waals surface area contributed by atoms with Crippen molar-refractivity contribution < 1.29 is 0 Å². The molecule has 21 heavy (non-hydrogen) atoms. The average Bonchev–Trinajstić information content (AvgIpc) is 2.45. The molecule has 0 spiro atoms. The van der Waals surface area contributed by atoms with E-state index in [0.717, 1.165) is 31.4 Å². The van der Waals surface area contributed by atoms with Gasteiger partial charge in [0, 0.05) is 6.54 Å². The number of aryl methyl sites for hydroxylation is 1. The molecule has 2 rings (SSSR count). The molecule has 0 bridgehead atoms. The molecule has 2 aromatic rings. The number of hydrogen-bond donors (Lipinski definition) is 1. The van der Waals surface area contributed by atoms with Crippen LogP contribution >= 0.6 is 11.6 Å². The first-order chi connectivity index (χ1) is 10.1. The van der Waals surface area contributed by atoms with Crippen molar-refractivity contribution in [1.82, 2.24) is 14.5 Å². The van der Waals surface area contributed by atoms with Gasteiger partial charge in [-0.1, -0.05) is 43.5 Å². The lowest BCUT2D eigenvalue weighted by Crippen LogP contribution is -2.24. The second-order valence-corrected chi connectivity index (χ2v) is 5.28. The molecule has 1 aromatic heterocycles. The van der Waals surface area contributed by atoms with Crippen LogP contribution in [0.4, 0.5) is 5.95 Å². The van der Waals surface area contributed by atoms with Crippen LogP contribution in [0.3, 0.4) is 0 Å². The number of hydrogen-bond acceptors (Lipinski definition) is 4. The van der Waals surface area contributed by atoms with Crippen LogP contribution in [-0.2, 0) is 0 Å². The fourth-order valence-electron chi connectivity index (χ4n) is 2.08. The van der Waals surface area contributed by atoms with Crippen LogP contribution in [0.1, 0.15) is 31.7 Å². The third kappa shape index (κ3) is 3.82. The number of aromatic nitrogens is 3. The summed E-state index contributed by atoms with van der Waals surface area (Å²) in [6, 6.07) is 5.48. The molecule has 0 saturated carbocycles. The summed E-state index contributed by atoms with van der Waals surface area (Å²) in [6.45, 7) is 4.80. The predicted molar refractivity (Wildman–Crippen MR) is 85.4 cm³/mol. The van der Waals surface area contributed by atoms with Gasteiger partial charge in [-0.05, 0) is 25.0 Å². The Bertz CT molecular complexity index is 649. The van der Waals surface area contributed by atoms with E-state index in [1.165, 1.54) is 10.9 Å². The zero-order valence-electron chi connectivity index (χ0n) is 12.3. The van der Waals surface area contributed by atoms with E-state index in [9.17, 15) is 4.79 Å². The summed E-state index contributed by atoms with van der Waals surface area (Å²) >= 11 is 6.16. The van der Waals surface area contributed by atoms with Crippen molar-refractivity contribution in [3.05, 3.63) is 45.6 Å². The SMILES string of the molecule is CCCCCNc1ncn(-c2c(C)cccc2Cl)c(=O)n1. The molecule has 1 N–H and O–H groups in total. The first kappa shape index (κ1) is 15.5. The van der Waals surface area contributed by atoms with Crippen LogP contribution in [-0.4, -0.2) is 21.1 Å². The standard InChI is InChI=1S/C15H19ClN4O/c1-3-4-5-9-17-14-18-10-20(15(21)19-14)13-11(2)7-6-8-12(13)16/h6-8,10H,3-5,9H2,1-2H3,(H,17,19,21). The molecule has 0 fully saturated rings. The quantitative estimate of drug-likeness (QED) is 0.833. The molecular formula is C15H19ClN4O. The number of para-hydroxylation sites is 1. The highest BCUT2D eigenvalue weighted by atomic mass is 35.5. The van der Waals surface area contributed by atoms with E-state index < -0.39 is 0 Å². The molecule has 0 aliphatic carbocycles. The van der Waals surface area contributed by atoms with Crippen molar-refractivity contribution in [3.63, 3.8) is 0 Å². The monoisotopic (exact) mass is 306 g/mol. The van der Waals surface area contributed by atoms with Gasteiger partial charge >= 0.3 is 5.69 Å². The molecule has 1 heterocycles. The van der Waals surface area contributed by atoms with Gasteiger partial charge in [0.05, 0.1) is 10.7 Å². The van der Waals surface area contributed by atoms with Crippen molar-refractivity contribution >= 4 is 17.5 Å². The fraction of sp³-hybridized carbons (Fsp3) is 0.400. The van der Waals surface area contributed by atoms with Crippen LogP contribution in [0.5, 0.6) is 0 Å². The third-order valence-electron chi connectivity index (χ3n) is 3.20. The van der Waals surface area contributed by atoms with E-state index in [1.807, 2.05) is 19.1 Å². The minimum atomic E-state index is -0.390. The summed E-state index contributed by atoms with van der Waals surface area (Å²) in [5.74, 6) is 0.358. The van der Waals surface area contributed by atoms with Crippen molar-refractivity contribution in [2.75, 3.05) is 11.9 Å². The second-order valence-electron chi connectivity index (χ2n) is 4.87. The van der Waals surface area contributed by atoms with Crippen molar-refractivity contribution in [2.45, 2.75) is 33.1 Å². The molecule has 112 valence electrons. The van der Waals surface area contributed by atoms with Gasteiger partial charge in [0.15, 0.2) is 0 Å². The van der Waals surface area contributed by atoms with Crippen LogP contribution in [0.15, 0.2) is 29.3 Å². The van der Waals surface area contributed by atoms with E-state index in [-0.39, 0.29) is 5.69 Å². The van der Waals surface area contributed by atoms with E-state index in [2.05, 4.69) is 22.2 Å². The molecule has 6 heteroatoms. The Labute approximate surface area is 129 Å². The van der Waals surface area contributed by atoms with Crippen molar-refractivity contribution in [3.8, 4) is 5.69 Å². The number of nitrogens with one attached hydrogen (secondary N) is 1.